The Bertz CT molecular complexity index is 689. The molecule has 0 radical (unpaired) electrons. The number of phenols is 1. The van der Waals surface area contributed by atoms with Crippen LogP contribution in [-0.2, 0) is 15.1 Å². The van der Waals surface area contributed by atoms with E-state index in [0.29, 0.717) is 26.2 Å². The number of hydrogen-bond donors (Lipinski definition) is 5. The Hall–Kier alpha value is -2.49. The first-order valence-electron chi connectivity index (χ1n) is 8.10. The maximum absolute atomic E-state index is 13.0. The van der Waals surface area contributed by atoms with Crippen LogP contribution < -0.4 is 16.0 Å². The molecule has 2 fully saturated rings. The molecule has 2 heterocycles. The van der Waals surface area contributed by atoms with Gasteiger partial charge in [0.15, 0.2) is 0 Å². The van der Waals surface area contributed by atoms with Crippen molar-refractivity contribution in [2.24, 2.45) is 0 Å². The molecule has 4 amide bonds. The molecule has 5 N–H and O–H groups in total. The van der Waals surface area contributed by atoms with Gasteiger partial charge in [-0.15, -0.1) is 0 Å². The molecule has 0 unspecified atom stereocenters. The Labute approximate surface area is 144 Å². The number of carbonyl (C=O) groups excluding carboxylic acids is 3. The van der Waals surface area contributed by atoms with Gasteiger partial charge in [0.2, 0.25) is 0 Å². The number of aromatic hydroxyl groups is 1. The fraction of sp³-hybridized carbons (Fsp3) is 0.438. The van der Waals surface area contributed by atoms with Crippen molar-refractivity contribution in [3.63, 3.8) is 0 Å². The van der Waals surface area contributed by atoms with Crippen LogP contribution in [0.2, 0.25) is 0 Å². The first kappa shape index (κ1) is 17.3. The van der Waals surface area contributed by atoms with Crippen LogP contribution in [0.5, 0.6) is 5.75 Å². The number of hydrogen-bond acceptors (Lipinski definition) is 6. The lowest BCUT2D eigenvalue weighted by Crippen LogP contribution is -2.80. The molecule has 0 bridgehead atoms. The van der Waals surface area contributed by atoms with Crippen LogP contribution in [0.3, 0.4) is 0 Å². The molecule has 2 saturated heterocycles. The number of barbiturate groups is 1. The molecule has 0 saturated carbocycles. The van der Waals surface area contributed by atoms with Gasteiger partial charge in [0, 0.05) is 18.7 Å². The number of nitrogens with one attached hydrogen (secondary N) is 3. The maximum Gasteiger partial charge on any atom is 0.328 e. The van der Waals surface area contributed by atoms with Gasteiger partial charge in [-0.05, 0) is 12.1 Å². The number of phenolic OH excluding ortho intramolecular Hbond substituents is 1. The van der Waals surface area contributed by atoms with Crippen LogP contribution in [0, 0.1) is 0 Å². The number of amides is 4. The Morgan fingerprint density at radius 1 is 1.08 bits per heavy atom. The van der Waals surface area contributed by atoms with E-state index < -0.39 is 23.4 Å². The van der Waals surface area contributed by atoms with Gasteiger partial charge in [0.25, 0.3) is 5.54 Å². The van der Waals surface area contributed by atoms with E-state index in [2.05, 4.69) is 16.0 Å². The molecular formula is C16H21N4O5+. The highest BCUT2D eigenvalue weighted by atomic mass is 16.3. The normalized spacial score (nSPS) is 22.2. The molecule has 9 nitrogen and oxygen atoms in total. The molecule has 25 heavy (non-hydrogen) atoms. The average molecular weight is 349 g/mol. The third-order valence-electron chi connectivity index (χ3n) is 5.05. The molecule has 2 aliphatic rings. The summed E-state index contributed by atoms with van der Waals surface area (Å²) in [6.45, 7) is 1.85. The summed E-state index contributed by atoms with van der Waals surface area (Å²) in [7, 11) is 0. The number of imide groups is 2. The highest BCUT2D eigenvalue weighted by Crippen LogP contribution is 2.39. The SMILES string of the molecule is O=C1NC(=O)C(c2cccc(O)c2)([N+]2(CCO)CCNCC2)C(=O)N1. The van der Waals surface area contributed by atoms with E-state index in [1.165, 1.54) is 12.1 Å². The summed E-state index contributed by atoms with van der Waals surface area (Å²) in [5.74, 6) is -1.59. The lowest BCUT2D eigenvalue weighted by Gasteiger charge is -2.53. The van der Waals surface area contributed by atoms with Gasteiger partial charge < -0.3 is 15.5 Å². The first-order valence-corrected chi connectivity index (χ1v) is 8.10. The van der Waals surface area contributed by atoms with Crippen molar-refractivity contribution in [3.8, 4) is 5.75 Å². The van der Waals surface area contributed by atoms with E-state index in [1.54, 1.807) is 12.1 Å². The molecule has 1 aromatic carbocycles. The van der Waals surface area contributed by atoms with Gasteiger partial charge in [-0.1, -0.05) is 12.1 Å². The monoisotopic (exact) mass is 349 g/mol. The molecule has 0 atom stereocenters. The van der Waals surface area contributed by atoms with Crippen molar-refractivity contribution in [2.45, 2.75) is 5.54 Å². The zero-order chi connectivity index (χ0) is 18.1. The van der Waals surface area contributed by atoms with Crippen molar-refractivity contribution in [1.29, 1.82) is 0 Å². The van der Waals surface area contributed by atoms with E-state index in [4.69, 9.17) is 0 Å². The summed E-state index contributed by atoms with van der Waals surface area (Å²) >= 11 is 0. The molecule has 0 aromatic heterocycles. The average Bonchev–Trinajstić information content (AvgIpc) is 2.55. The largest absolute Gasteiger partial charge is 0.508 e. The summed E-state index contributed by atoms with van der Waals surface area (Å²) < 4.78 is -0.0368. The Balaban J connectivity index is 2.26. The number of piperazine rings is 1. The number of benzene rings is 1. The Kier molecular flexibility index (Phi) is 4.46. The smallest absolute Gasteiger partial charge is 0.328 e. The molecule has 3 rings (SSSR count). The summed E-state index contributed by atoms with van der Waals surface area (Å²) in [6, 6.07) is 5.04. The fourth-order valence-electron chi connectivity index (χ4n) is 3.96. The minimum atomic E-state index is -1.77. The first-order chi connectivity index (χ1) is 12.0. The molecular weight excluding hydrogens is 328 g/mol. The lowest BCUT2D eigenvalue weighted by molar-refractivity contribution is -0.965. The van der Waals surface area contributed by atoms with E-state index in [-0.39, 0.29) is 28.9 Å². The number of urea groups is 1. The van der Waals surface area contributed by atoms with Gasteiger partial charge in [0.1, 0.15) is 12.3 Å². The van der Waals surface area contributed by atoms with Crippen molar-refractivity contribution >= 4 is 17.8 Å². The number of quaternary nitrogens is 1. The Morgan fingerprint density at radius 2 is 1.72 bits per heavy atom. The quantitative estimate of drug-likeness (QED) is 0.328. The van der Waals surface area contributed by atoms with E-state index in [0.717, 1.165) is 0 Å². The van der Waals surface area contributed by atoms with Crippen molar-refractivity contribution in [3.05, 3.63) is 29.8 Å². The molecule has 0 aliphatic carbocycles. The maximum atomic E-state index is 13.0. The summed E-state index contributed by atoms with van der Waals surface area (Å²) in [6.07, 6.45) is 0. The Morgan fingerprint density at radius 3 is 2.28 bits per heavy atom. The van der Waals surface area contributed by atoms with Crippen molar-refractivity contribution < 1.29 is 29.1 Å². The second-order valence-electron chi connectivity index (χ2n) is 6.29. The summed E-state index contributed by atoms with van der Waals surface area (Å²) in [5, 5.41) is 27.1. The fourth-order valence-corrected chi connectivity index (χ4v) is 3.96. The predicted octanol–water partition coefficient (Wildman–Crippen LogP) is -1.63. The third-order valence-corrected chi connectivity index (χ3v) is 5.05. The van der Waals surface area contributed by atoms with Crippen LogP contribution in [0.15, 0.2) is 24.3 Å². The van der Waals surface area contributed by atoms with E-state index in [1.807, 2.05) is 0 Å². The molecule has 2 aliphatic heterocycles. The lowest BCUT2D eigenvalue weighted by atomic mass is 9.81. The molecule has 1 aromatic rings. The highest BCUT2D eigenvalue weighted by Gasteiger charge is 2.66. The third kappa shape index (κ3) is 2.56. The van der Waals surface area contributed by atoms with Crippen LogP contribution in [0.25, 0.3) is 0 Å². The minimum absolute atomic E-state index is 0.0368. The molecule has 134 valence electrons. The van der Waals surface area contributed by atoms with E-state index >= 15 is 0 Å². The number of nitrogens with zero attached hydrogens (tertiary/aromatic N) is 1. The van der Waals surface area contributed by atoms with Gasteiger partial charge in [-0.3, -0.25) is 24.7 Å². The van der Waals surface area contributed by atoms with Crippen LogP contribution in [0.1, 0.15) is 5.56 Å². The predicted molar refractivity (Wildman–Crippen MR) is 86.3 cm³/mol. The number of aliphatic hydroxyl groups is 1. The number of aliphatic hydroxyl groups excluding tert-OH is 1. The molecule has 0 spiro atoms. The second kappa shape index (κ2) is 6.43. The van der Waals surface area contributed by atoms with Gasteiger partial charge in [0.05, 0.1) is 19.7 Å². The van der Waals surface area contributed by atoms with Crippen LogP contribution >= 0.6 is 0 Å². The van der Waals surface area contributed by atoms with Gasteiger partial charge in [-0.25, -0.2) is 4.79 Å². The van der Waals surface area contributed by atoms with Crippen LogP contribution in [-0.4, -0.2) is 71.9 Å². The minimum Gasteiger partial charge on any atom is -0.508 e. The zero-order valence-corrected chi connectivity index (χ0v) is 13.6. The van der Waals surface area contributed by atoms with Crippen molar-refractivity contribution in [1.82, 2.24) is 16.0 Å². The summed E-state index contributed by atoms with van der Waals surface area (Å²) in [4.78, 5) is 37.7. The number of rotatable bonds is 4. The van der Waals surface area contributed by atoms with Crippen molar-refractivity contribution in [2.75, 3.05) is 39.3 Å². The van der Waals surface area contributed by atoms with Gasteiger partial charge >= 0.3 is 17.8 Å². The van der Waals surface area contributed by atoms with Gasteiger partial charge in [-0.2, -0.15) is 0 Å². The second-order valence-corrected chi connectivity index (χ2v) is 6.29. The molecule has 9 heteroatoms. The highest BCUT2D eigenvalue weighted by molar-refractivity contribution is 6.21. The standard InChI is InChI=1S/C16H20N4O5/c21-9-8-20(6-4-17-5-7-20)16(11-2-1-3-12(22)10-11)13(23)18-15(25)19-14(16)24/h1-3,10,17,21H,4-9H2,(H2-,18,19,22,23,24,25)/p+1. The zero-order valence-electron chi connectivity index (χ0n) is 13.6. The van der Waals surface area contributed by atoms with E-state index in [9.17, 15) is 24.6 Å². The summed E-state index contributed by atoms with van der Waals surface area (Å²) in [5.41, 5.74) is -1.48. The topological polar surface area (TPSA) is 128 Å². The number of carbonyl (C=O) groups is 3. The van der Waals surface area contributed by atoms with Crippen LogP contribution in [0.4, 0.5) is 4.79 Å².